The second-order valence-corrected chi connectivity index (χ2v) is 7.59. The molecule has 0 aliphatic rings. The van der Waals surface area contributed by atoms with E-state index in [1.165, 1.54) is 0 Å². The molecule has 0 heterocycles. The van der Waals surface area contributed by atoms with Gasteiger partial charge in [0, 0.05) is 23.3 Å². The third-order valence-corrected chi connectivity index (χ3v) is 5.39. The van der Waals surface area contributed by atoms with Crippen LogP contribution in [0.15, 0.2) is 24.3 Å². The van der Waals surface area contributed by atoms with Crippen LogP contribution in [0.4, 0.5) is 5.69 Å². The van der Waals surface area contributed by atoms with Crippen LogP contribution in [0.5, 0.6) is 0 Å². The van der Waals surface area contributed by atoms with Crippen LogP contribution in [0.25, 0.3) is 0 Å². The Morgan fingerprint density at radius 2 is 1.70 bits per heavy atom. The molecule has 1 rings (SSSR count). The topological polar surface area (TPSA) is 101 Å². The lowest BCUT2D eigenvalue weighted by Gasteiger charge is -2.26. The van der Waals surface area contributed by atoms with Crippen molar-refractivity contribution in [2.75, 3.05) is 17.0 Å². The van der Waals surface area contributed by atoms with Gasteiger partial charge in [-0.3, -0.25) is 9.52 Å². The Morgan fingerprint density at radius 1 is 1.13 bits per heavy atom. The van der Waals surface area contributed by atoms with Crippen LogP contribution in [0.1, 0.15) is 50.4 Å². The van der Waals surface area contributed by atoms with Crippen LogP contribution >= 0.6 is 0 Å². The maximum atomic E-state index is 12.1. The Balaban J connectivity index is 2.68. The molecule has 6 nitrogen and oxygen atoms in total. The van der Waals surface area contributed by atoms with E-state index in [1.807, 2.05) is 13.8 Å². The van der Waals surface area contributed by atoms with Crippen molar-refractivity contribution < 1.29 is 13.2 Å². The normalized spacial score (nSPS) is 12.0. The third-order valence-electron chi connectivity index (χ3n) is 3.90. The molecule has 0 atom stereocenters. The minimum Gasteiger partial charge on any atom is -0.350 e. The fourth-order valence-corrected chi connectivity index (χ4v) is 3.18. The first-order valence-corrected chi connectivity index (χ1v) is 9.58. The molecule has 0 saturated carbocycles. The minimum atomic E-state index is -3.32. The summed E-state index contributed by atoms with van der Waals surface area (Å²) in [6.07, 6.45) is 2.11. The summed E-state index contributed by atoms with van der Waals surface area (Å²) in [7, 11) is -3.32. The lowest BCUT2D eigenvalue weighted by Crippen LogP contribution is -2.49. The molecule has 0 aliphatic carbocycles. The second-order valence-electron chi connectivity index (χ2n) is 5.75. The summed E-state index contributed by atoms with van der Waals surface area (Å²) in [5.41, 5.74) is 6.68. The molecular formula is C16H27N3O3S. The van der Waals surface area contributed by atoms with Gasteiger partial charge in [-0.25, -0.2) is 8.42 Å². The molecular weight excluding hydrogens is 314 g/mol. The van der Waals surface area contributed by atoms with E-state index >= 15 is 0 Å². The summed E-state index contributed by atoms with van der Waals surface area (Å²) < 4.78 is 25.9. The molecule has 0 aliphatic heterocycles. The number of carbonyl (C=O) groups excluding carboxylic acids is 1. The molecule has 0 unspecified atom stereocenters. The third kappa shape index (κ3) is 6.19. The lowest BCUT2D eigenvalue weighted by atomic mass is 9.94. The Kier molecular flexibility index (Phi) is 7.02. The van der Waals surface area contributed by atoms with Crippen molar-refractivity contribution >= 4 is 21.6 Å². The molecule has 0 aromatic heterocycles. The fraction of sp³-hybridized carbons (Fsp3) is 0.562. The summed E-state index contributed by atoms with van der Waals surface area (Å²) >= 11 is 0. The zero-order chi connectivity index (χ0) is 17.5. The van der Waals surface area contributed by atoms with Crippen LogP contribution in [0.3, 0.4) is 0 Å². The molecule has 0 bridgehead atoms. The van der Waals surface area contributed by atoms with Gasteiger partial charge in [0.1, 0.15) is 0 Å². The quantitative estimate of drug-likeness (QED) is 0.640. The number of nitrogens with one attached hydrogen (secondary N) is 2. The van der Waals surface area contributed by atoms with Crippen LogP contribution in [-0.4, -0.2) is 32.2 Å². The van der Waals surface area contributed by atoms with Crippen LogP contribution < -0.4 is 15.8 Å². The standard InChI is InChI=1S/C16H27N3O3S/c1-4-11-23(21,22)19-14-9-7-13(8-10-14)15(20)18-12-16(17,5-2)6-3/h7-10,19H,4-6,11-12,17H2,1-3H3,(H,18,20). The number of rotatable bonds is 9. The maximum Gasteiger partial charge on any atom is 0.251 e. The van der Waals surface area contributed by atoms with Gasteiger partial charge in [0.2, 0.25) is 10.0 Å². The van der Waals surface area contributed by atoms with Gasteiger partial charge < -0.3 is 11.1 Å². The number of hydrogen-bond acceptors (Lipinski definition) is 4. The highest BCUT2D eigenvalue weighted by molar-refractivity contribution is 7.92. The summed E-state index contributed by atoms with van der Waals surface area (Å²) in [5.74, 6) is -0.147. The number of nitrogens with two attached hydrogens (primary N) is 1. The first-order valence-electron chi connectivity index (χ1n) is 7.93. The van der Waals surface area contributed by atoms with Crippen LogP contribution in [0, 0.1) is 0 Å². The number of sulfonamides is 1. The van der Waals surface area contributed by atoms with Gasteiger partial charge in [-0.1, -0.05) is 20.8 Å². The van der Waals surface area contributed by atoms with Gasteiger partial charge in [-0.2, -0.15) is 0 Å². The molecule has 0 radical (unpaired) electrons. The Hall–Kier alpha value is -1.60. The zero-order valence-electron chi connectivity index (χ0n) is 14.1. The molecule has 130 valence electrons. The van der Waals surface area contributed by atoms with E-state index in [9.17, 15) is 13.2 Å². The fourth-order valence-electron chi connectivity index (χ4n) is 2.05. The number of carbonyl (C=O) groups is 1. The predicted octanol–water partition coefficient (Wildman–Crippen LogP) is 2.09. The first-order chi connectivity index (χ1) is 10.7. The second kappa shape index (κ2) is 8.31. The molecule has 4 N–H and O–H groups in total. The van der Waals surface area contributed by atoms with E-state index < -0.39 is 15.6 Å². The first kappa shape index (κ1) is 19.4. The molecule has 0 fully saturated rings. The van der Waals surface area contributed by atoms with E-state index in [0.29, 0.717) is 24.2 Å². The van der Waals surface area contributed by atoms with E-state index in [1.54, 1.807) is 31.2 Å². The lowest BCUT2D eigenvalue weighted by molar-refractivity contribution is 0.0942. The molecule has 7 heteroatoms. The van der Waals surface area contributed by atoms with Crippen molar-refractivity contribution in [3.05, 3.63) is 29.8 Å². The maximum absolute atomic E-state index is 12.1. The van der Waals surface area contributed by atoms with Gasteiger partial charge >= 0.3 is 0 Å². The smallest absolute Gasteiger partial charge is 0.251 e. The number of benzene rings is 1. The summed E-state index contributed by atoms with van der Waals surface area (Å²) in [4.78, 5) is 12.1. The average molecular weight is 341 g/mol. The van der Waals surface area contributed by atoms with Crippen molar-refractivity contribution in [3.63, 3.8) is 0 Å². The van der Waals surface area contributed by atoms with Crippen molar-refractivity contribution in [1.82, 2.24) is 5.32 Å². The van der Waals surface area contributed by atoms with Gasteiger partial charge in [0.15, 0.2) is 0 Å². The van der Waals surface area contributed by atoms with E-state index in [-0.39, 0.29) is 11.7 Å². The van der Waals surface area contributed by atoms with Gasteiger partial charge in [-0.05, 0) is 43.5 Å². The average Bonchev–Trinajstić information content (AvgIpc) is 2.52. The highest BCUT2D eigenvalue weighted by Gasteiger charge is 2.21. The summed E-state index contributed by atoms with van der Waals surface area (Å²) in [6, 6.07) is 6.35. The summed E-state index contributed by atoms with van der Waals surface area (Å²) in [5, 5.41) is 2.83. The van der Waals surface area contributed by atoms with Crippen molar-refractivity contribution in [1.29, 1.82) is 0 Å². The number of amides is 1. The minimum absolute atomic E-state index is 0.0713. The van der Waals surface area contributed by atoms with Crippen molar-refractivity contribution in [3.8, 4) is 0 Å². The molecule has 1 aromatic rings. The SMILES string of the molecule is CCCS(=O)(=O)Nc1ccc(C(=O)NCC(N)(CC)CC)cc1. The van der Waals surface area contributed by atoms with Gasteiger partial charge in [0.05, 0.1) is 5.75 Å². The predicted molar refractivity (Wildman–Crippen MR) is 94.0 cm³/mol. The monoisotopic (exact) mass is 341 g/mol. The van der Waals surface area contributed by atoms with E-state index in [4.69, 9.17) is 5.73 Å². The Bertz CT molecular complexity index is 608. The summed E-state index contributed by atoms with van der Waals surface area (Å²) in [6.45, 7) is 6.19. The van der Waals surface area contributed by atoms with Gasteiger partial charge in [-0.15, -0.1) is 0 Å². The van der Waals surface area contributed by atoms with E-state index in [2.05, 4.69) is 10.0 Å². The highest BCUT2D eigenvalue weighted by atomic mass is 32.2. The zero-order valence-corrected chi connectivity index (χ0v) is 14.9. The largest absolute Gasteiger partial charge is 0.350 e. The Labute approximate surface area is 138 Å². The van der Waals surface area contributed by atoms with Crippen LogP contribution in [0.2, 0.25) is 0 Å². The van der Waals surface area contributed by atoms with Crippen molar-refractivity contribution in [2.45, 2.75) is 45.6 Å². The number of hydrogen-bond donors (Lipinski definition) is 3. The molecule has 1 aromatic carbocycles. The number of anilines is 1. The molecule has 0 saturated heterocycles. The Morgan fingerprint density at radius 3 is 2.17 bits per heavy atom. The van der Waals surface area contributed by atoms with Crippen molar-refractivity contribution in [2.24, 2.45) is 5.73 Å². The molecule has 1 amide bonds. The molecule has 0 spiro atoms. The van der Waals surface area contributed by atoms with E-state index in [0.717, 1.165) is 12.8 Å². The van der Waals surface area contributed by atoms with Gasteiger partial charge in [0.25, 0.3) is 5.91 Å². The molecule has 23 heavy (non-hydrogen) atoms. The van der Waals surface area contributed by atoms with Crippen LogP contribution in [-0.2, 0) is 10.0 Å². The highest BCUT2D eigenvalue weighted by Crippen LogP contribution is 2.13.